The van der Waals surface area contributed by atoms with Gasteiger partial charge in [-0.25, -0.2) is 0 Å². The van der Waals surface area contributed by atoms with Crippen LogP contribution in [0.5, 0.6) is 0 Å². The van der Waals surface area contributed by atoms with Gasteiger partial charge in [0.1, 0.15) is 0 Å². The summed E-state index contributed by atoms with van der Waals surface area (Å²) in [7, 11) is 0. The van der Waals surface area contributed by atoms with E-state index < -0.39 is 0 Å². The smallest absolute Gasteiger partial charge is 0.0199 e. The van der Waals surface area contributed by atoms with Gasteiger partial charge in [0.2, 0.25) is 0 Å². The highest BCUT2D eigenvalue weighted by molar-refractivity contribution is 8.00. The third-order valence-corrected chi connectivity index (χ3v) is 3.69. The molecule has 1 saturated carbocycles. The minimum atomic E-state index is 0.431. The first-order valence-corrected chi connectivity index (χ1v) is 5.46. The quantitative estimate of drug-likeness (QED) is 0.670. The second-order valence-corrected chi connectivity index (χ2v) is 4.49. The lowest BCUT2D eigenvalue weighted by Crippen LogP contribution is -2.35. The minimum absolute atomic E-state index is 0.431. The molecule has 2 nitrogen and oxygen atoms in total. The maximum atomic E-state index is 5.96. The van der Waals surface area contributed by atoms with Gasteiger partial charge in [0.05, 0.1) is 0 Å². The van der Waals surface area contributed by atoms with Crippen molar-refractivity contribution in [3.8, 4) is 0 Å². The first-order chi connectivity index (χ1) is 5.34. The van der Waals surface area contributed by atoms with Crippen molar-refractivity contribution in [3.05, 3.63) is 0 Å². The largest absolute Gasteiger partial charge is 0.330 e. The van der Waals surface area contributed by atoms with E-state index >= 15 is 0 Å². The van der Waals surface area contributed by atoms with Gasteiger partial charge in [-0.15, -0.1) is 0 Å². The third-order valence-electron chi connectivity index (χ3n) is 2.20. The SMILES string of the molecule is NCCSC1CCCCC1N. The maximum absolute atomic E-state index is 5.96. The molecule has 0 aromatic rings. The zero-order valence-electron chi connectivity index (χ0n) is 6.96. The predicted octanol–water partition coefficient (Wildman–Crippen LogP) is 0.948. The van der Waals surface area contributed by atoms with Crippen LogP contribution in [0, 0.1) is 0 Å². The molecular formula is C8H18N2S. The summed E-state index contributed by atoms with van der Waals surface area (Å²) in [5.74, 6) is 1.07. The van der Waals surface area contributed by atoms with Gasteiger partial charge in [-0.3, -0.25) is 0 Å². The van der Waals surface area contributed by atoms with Gasteiger partial charge in [0.15, 0.2) is 0 Å². The van der Waals surface area contributed by atoms with Crippen LogP contribution in [0.3, 0.4) is 0 Å². The zero-order chi connectivity index (χ0) is 8.10. The van der Waals surface area contributed by atoms with E-state index in [-0.39, 0.29) is 0 Å². The Morgan fingerprint density at radius 3 is 2.64 bits per heavy atom. The monoisotopic (exact) mass is 174 g/mol. The molecule has 3 heteroatoms. The summed E-state index contributed by atoms with van der Waals surface area (Å²) in [4.78, 5) is 0. The highest BCUT2D eigenvalue weighted by Gasteiger charge is 2.21. The average molecular weight is 174 g/mol. The Hall–Kier alpha value is 0.270. The Morgan fingerprint density at radius 1 is 1.27 bits per heavy atom. The summed E-state index contributed by atoms with van der Waals surface area (Å²) in [5, 5.41) is 0.687. The van der Waals surface area contributed by atoms with Crippen LogP contribution in [0.1, 0.15) is 25.7 Å². The van der Waals surface area contributed by atoms with Crippen LogP contribution in [-0.4, -0.2) is 23.6 Å². The Bertz CT molecular complexity index is 108. The lowest BCUT2D eigenvalue weighted by Gasteiger charge is -2.27. The minimum Gasteiger partial charge on any atom is -0.330 e. The topological polar surface area (TPSA) is 52.0 Å². The number of hydrogen-bond acceptors (Lipinski definition) is 3. The van der Waals surface area contributed by atoms with E-state index in [0.717, 1.165) is 12.3 Å². The van der Waals surface area contributed by atoms with Gasteiger partial charge >= 0.3 is 0 Å². The van der Waals surface area contributed by atoms with Crippen LogP contribution in [0.15, 0.2) is 0 Å². The molecule has 1 aliphatic rings. The maximum Gasteiger partial charge on any atom is 0.0199 e. The molecule has 0 aliphatic heterocycles. The van der Waals surface area contributed by atoms with Crippen molar-refractivity contribution in [2.75, 3.05) is 12.3 Å². The first kappa shape index (κ1) is 9.36. The Kier molecular flexibility index (Phi) is 4.26. The van der Waals surface area contributed by atoms with Gasteiger partial charge in [-0.2, -0.15) is 11.8 Å². The normalized spacial score (nSPS) is 32.2. The summed E-state index contributed by atoms with van der Waals surface area (Å²) in [6.07, 6.45) is 5.19. The summed E-state index contributed by atoms with van der Waals surface area (Å²) in [5.41, 5.74) is 11.4. The van der Waals surface area contributed by atoms with Crippen LogP contribution in [0.4, 0.5) is 0 Å². The van der Waals surface area contributed by atoms with Crippen molar-refractivity contribution in [2.45, 2.75) is 37.0 Å². The Balaban J connectivity index is 2.18. The fraction of sp³-hybridized carbons (Fsp3) is 1.00. The van der Waals surface area contributed by atoms with Crippen molar-refractivity contribution in [1.82, 2.24) is 0 Å². The molecular weight excluding hydrogens is 156 g/mol. The van der Waals surface area contributed by atoms with E-state index in [9.17, 15) is 0 Å². The van der Waals surface area contributed by atoms with E-state index in [1.807, 2.05) is 11.8 Å². The van der Waals surface area contributed by atoms with Gasteiger partial charge in [0, 0.05) is 23.6 Å². The second kappa shape index (κ2) is 5.01. The molecule has 0 aromatic heterocycles. The third kappa shape index (κ3) is 3.01. The number of rotatable bonds is 3. The van der Waals surface area contributed by atoms with Gasteiger partial charge < -0.3 is 11.5 Å². The number of thioether (sulfide) groups is 1. The molecule has 0 spiro atoms. The van der Waals surface area contributed by atoms with E-state index in [1.165, 1.54) is 25.7 Å². The number of nitrogens with two attached hydrogens (primary N) is 2. The number of hydrogen-bond donors (Lipinski definition) is 2. The van der Waals surface area contributed by atoms with Crippen LogP contribution < -0.4 is 11.5 Å². The fourth-order valence-electron chi connectivity index (χ4n) is 1.55. The van der Waals surface area contributed by atoms with Crippen molar-refractivity contribution >= 4 is 11.8 Å². The van der Waals surface area contributed by atoms with Crippen LogP contribution in [-0.2, 0) is 0 Å². The van der Waals surface area contributed by atoms with E-state index in [2.05, 4.69) is 0 Å². The fourth-order valence-corrected chi connectivity index (χ4v) is 2.71. The average Bonchev–Trinajstić information content (AvgIpc) is 2.03. The molecule has 0 amide bonds. The zero-order valence-corrected chi connectivity index (χ0v) is 7.78. The molecule has 66 valence electrons. The summed E-state index contributed by atoms with van der Waals surface area (Å²) >= 11 is 1.96. The van der Waals surface area contributed by atoms with Crippen LogP contribution in [0.25, 0.3) is 0 Å². The van der Waals surface area contributed by atoms with Gasteiger partial charge in [-0.1, -0.05) is 12.8 Å². The van der Waals surface area contributed by atoms with Crippen LogP contribution in [0.2, 0.25) is 0 Å². The molecule has 0 aromatic carbocycles. The molecule has 11 heavy (non-hydrogen) atoms. The highest BCUT2D eigenvalue weighted by atomic mass is 32.2. The van der Waals surface area contributed by atoms with Crippen LogP contribution >= 0.6 is 11.8 Å². The second-order valence-electron chi connectivity index (χ2n) is 3.15. The highest BCUT2D eigenvalue weighted by Crippen LogP contribution is 2.26. The predicted molar refractivity (Wildman–Crippen MR) is 51.7 cm³/mol. The van der Waals surface area contributed by atoms with Gasteiger partial charge in [0.25, 0.3) is 0 Å². The molecule has 0 heterocycles. The summed E-state index contributed by atoms with van der Waals surface area (Å²) in [6.45, 7) is 0.786. The van der Waals surface area contributed by atoms with Crippen molar-refractivity contribution in [2.24, 2.45) is 11.5 Å². The molecule has 0 saturated heterocycles. The summed E-state index contributed by atoms with van der Waals surface area (Å²) < 4.78 is 0. The molecule has 0 bridgehead atoms. The van der Waals surface area contributed by atoms with Crippen molar-refractivity contribution in [3.63, 3.8) is 0 Å². The van der Waals surface area contributed by atoms with Gasteiger partial charge in [-0.05, 0) is 12.8 Å². The lowest BCUT2D eigenvalue weighted by atomic mass is 9.96. The first-order valence-electron chi connectivity index (χ1n) is 4.42. The molecule has 0 radical (unpaired) electrons. The molecule has 1 rings (SSSR count). The molecule has 1 aliphatic carbocycles. The Morgan fingerprint density at radius 2 is 2.00 bits per heavy atom. The van der Waals surface area contributed by atoms with E-state index in [1.54, 1.807) is 0 Å². The standard InChI is InChI=1S/C8H18N2S/c9-5-6-11-8-4-2-1-3-7(8)10/h7-8H,1-6,9-10H2. The lowest BCUT2D eigenvalue weighted by molar-refractivity contribution is 0.453. The van der Waals surface area contributed by atoms with Crippen molar-refractivity contribution < 1.29 is 0 Å². The van der Waals surface area contributed by atoms with Crippen molar-refractivity contribution in [1.29, 1.82) is 0 Å². The molecule has 1 fully saturated rings. The molecule has 2 unspecified atom stereocenters. The Labute approximate surface area is 73.1 Å². The van der Waals surface area contributed by atoms with E-state index in [4.69, 9.17) is 11.5 Å². The molecule has 4 N–H and O–H groups in total. The van der Waals surface area contributed by atoms with E-state index in [0.29, 0.717) is 11.3 Å². The molecule has 2 atom stereocenters. The summed E-state index contributed by atoms with van der Waals surface area (Å²) in [6, 6.07) is 0.431.